The molecule has 7 aromatic rings. The molecule has 0 amide bonds. The van der Waals surface area contributed by atoms with E-state index >= 15 is 0 Å². The van der Waals surface area contributed by atoms with Crippen LogP contribution in [-0.2, 0) is 5.41 Å². The third kappa shape index (κ3) is 6.11. The topological polar surface area (TPSA) is 50.9 Å². The molecule has 0 unspecified atom stereocenters. The molecule has 0 aliphatic rings. The van der Waals surface area contributed by atoms with Gasteiger partial charge >= 0.3 is 0 Å². The third-order valence-electron chi connectivity index (χ3n) is 9.67. The molecular formula is C46H45N3O. The summed E-state index contributed by atoms with van der Waals surface area (Å²) in [5.74, 6) is 1.45. The van der Waals surface area contributed by atoms with Crippen molar-refractivity contribution in [1.29, 1.82) is 0 Å². The van der Waals surface area contributed by atoms with Gasteiger partial charge in [-0.1, -0.05) is 127 Å². The van der Waals surface area contributed by atoms with E-state index in [0.717, 1.165) is 56.1 Å². The van der Waals surface area contributed by atoms with Crippen LogP contribution in [-0.4, -0.2) is 19.6 Å². The molecule has 4 nitrogen and oxygen atoms in total. The molecule has 0 radical (unpaired) electrons. The Morgan fingerprint density at radius 3 is 1.94 bits per heavy atom. The Hall–Kier alpha value is -5.48. The minimum absolute atomic E-state index is 0.0794. The van der Waals surface area contributed by atoms with E-state index in [1.165, 1.54) is 16.7 Å². The van der Waals surface area contributed by atoms with Crippen molar-refractivity contribution in [2.45, 2.75) is 65.7 Å². The van der Waals surface area contributed by atoms with Gasteiger partial charge in [-0.15, -0.1) is 0 Å². The highest BCUT2D eigenvalue weighted by Gasteiger charge is 2.26. The van der Waals surface area contributed by atoms with Crippen molar-refractivity contribution in [3.05, 3.63) is 144 Å². The minimum atomic E-state index is -0.0794. The van der Waals surface area contributed by atoms with Crippen LogP contribution >= 0.6 is 0 Å². The quantitative estimate of drug-likeness (QED) is 0.186. The van der Waals surface area contributed by atoms with Crippen LogP contribution in [0.25, 0.3) is 61.6 Å². The van der Waals surface area contributed by atoms with E-state index in [9.17, 15) is 5.11 Å². The molecule has 0 aliphatic heterocycles. The summed E-state index contributed by atoms with van der Waals surface area (Å²) in [5, 5.41) is 11.6. The minimum Gasteiger partial charge on any atom is -0.507 e. The lowest BCUT2D eigenvalue weighted by molar-refractivity contribution is 0.477. The fourth-order valence-corrected chi connectivity index (χ4v) is 6.93. The standard InChI is InChI=1S/C46H45N3O/c1-29(2)36-17-13-18-37(30(3)4)44(36)49-41-21-14-19-38(33-25-34(40-20-11-12-24-47-40)27-35(26-33)46(5,6)7)43(41)48-45(49)39-28-32(22-23-42(39)50)31-15-9-8-10-16-31/h8-30,50H,1-7H3. The Morgan fingerprint density at radius 2 is 1.28 bits per heavy atom. The van der Waals surface area contributed by atoms with E-state index in [0.29, 0.717) is 5.56 Å². The van der Waals surface area contributed by atoms with Crippen molar-refractivity contribution in [2.24, 2.45) is 0 Å². The molecule has 0 spiro atoms. The second-order valence-electron chi connectivity index (χ2n) is 14.9. The predicted octanol–water partition coefficient (Wildman–Crippen LogP) is 12.3. The number of aromatic hydroxyl groups is 1. The number of phenols is 1. The highest BCUT2D eigenvalue weighted by Crippen LogP contribution is 2.43. The summed E-state index contributed by atoms with van der Waals surface area (Å²) >= 11 is 0. The van der Waals surface area contributed by atoms with E-state index in [1.807, 2.05) is 42.6 Å². The maximum atomic E-state index is 11.6. The molecule has 0 fully saturated rings. The smallest absolute Gasteiger partial charge is 0.149 e. The first-order valence-corrected chi connectivity index (χ1v) is 17.6. The Bertz CT molecular complexity index is 2280. The van der Waals surface area contributed by atoms with Crippen molar-refractivity contribution in [1.82, 2.24) is 14.5 Å². The summed E-state index contributed by atoms with van der Waals surface area (Å²) in [6.07, 6.45) is 1.85. The van der Waals surface area contributed by atoms with Crippen molar-refractivity contribution in [2.75, 3.05) is 0 Å². The average molecular weight is 656 g/mol. The second kappa shape index (κ2) is 13.1. The molecule has 2 aromatic heterocycles. The van der Waals surface area contributed by atoms with Crippen molar-refractivity contribution >= 4 is 11.0 Å². The Morgan fingerprint density at radius 1 is 0.600 bits per heavy atom. The SMILES string of the molecule is CC(C)c1cccc(C(C)C)c1-n1c(-c2cc(-c3ccccc3)ccc2O)nc2c(-c3cc(-c4ccccn4)cc(C(C)(C)C)c3)cccc21. The van der Waals surface area contributed by atoms with E-state index in [-0.39, 0.29) is 23.0 Å². The fraction of sp³-hybridized carbons (Fsp3) is 0.217. The zero-order valence-electron chi connectivity index (χ0n) is 30.1. The number of pyridine rings is 1. The van der Waals surface area contributed by atoms with Crippen LogP contribution in [0.3, 0.4) is 0 Å². The summed E-state index contributed by atoms with van der Waals surface area (Å²) in [5.41, 5.74) is 13.6. The van der Waals surface area contributed by atoms with Gasteiger partial charge in [0.25, 0.3) is 0 Å². The summed E-state index contributed by atoms with van der Waals surface area (Å²) in [6.45, 7) is 15.7. The van der Waals surface area contributed by atoms with Crippen LogP contribution in [0, 0.1) is 0 Å². The number of phenolic OH excluding ortho intramolecular Hbond substituents is 1. The van der Waals surface area contributed by atoms with Crippen LogP contribution < -0.4 is 0 Å². The molecule has 7 rings (SSSR count). The molecule has 250 valence electrons. The fourth-order valence-electron chi connectivity index (χ4n) is 6.93. The first-order valence-electron chi connectivity index (χ1n) is 17.6. The number of aromatic nitrogens is 3. The zero-order chi connectivity index (χ0) is 35.2. The van der Waals surface area contributed by atoms with E-state index in [4.69, 9.17) is 9.97 Å². The first kappa shape index (κ1) is 33.0. The number of para-hydroxylation sites is 2. The van der Waals surface area contributed by atoms with E-state index in [1.54, 1.807) is 6.07 Å². The molecule has 2 heterocycles. The third-order valence-corrected chi connectivity index (χ3v) is 9.67. The van der Waals surface area contributed by atoms with Crippen molar-refractivity contribution < 1.29 is 5.11 Å². The van der Waals surface area contributed by atoms with Crippen LogP contribution in [0.15, 0.2) is 128 Å². The maximum absolute atomic E-state index is 11.6. The van der Waals surface area contributed by atoms with Crippen LogP contribution in [0.1, 0.15) is 77.0 Å². The largest absolute Gasteiger partial charge is 0.507 e. The maximum Gasteiger partial charge on any atom is 0.149 e. The van der Waals surface area contributed by atoms with Crippen molar-refractivity contribution in [3.63, 3.8) is 0 Å². The van der Waals surface area contributed by atoms with Crippen LogP contribution in [0.4, 0.5) is 0 Å². The molecule has 50 heavy (non-hydrogen) atoms. The Labute approximate surface area is 296 Å². The number of benzene rings is 5. The average Bonchev–Trinajstić information content (AvgIpc) is 3.51. The van der Waals surface area contributed by atoms with Crippen LogP contribution in [0.2, 0.25) is 0 Å². The van der Waals surface area contributed by atoms with Gasteiger partial charge in [-0.05, 0) is 93.1 Å². The molecule has 0 bridgehead atoms. The highest BCUT2D eigenvalue weighted by molar-refractivity contribution is 5.97. The van der Waals surface area contributed by atoms with Gasteiger partial charge in [0.05, 0.1) is 28.0 Å². The monoisotopic (exact) mass is 655 g/mol. The predicted molar refractivity (Wildman–Crippen MR) is 209 cm³/mol. The van der Waals surface area contributed by atoms with Gasteiger partial charge in [-0.3, -0.25) is 9.55 Å². The van der Waals surface area contributed by atoms with Gasteiger partial charge in [0.15, 0.2) is 0 Å². The molecule has 5 aromatic carbocycles. The molecular weight excluding hydrogens is 611 g/mol. The summed E-state index contributed by atoms with van der Waals surface area (Å²) in [7, 11) is 0. The van der Waals surface area contributed by atoms with Gasteiger partial charge in [0, 0.05) is 17.3 Å². The lowest BCUT2D eigenvalue weighted by Gasteiger charge is -2.23. The van der Waals surface area contributed by atoms with Crippen LogP contribution in [0.5, 0.6) is 5.75 Å². The molecule has 0 atom stereocenters. The number of rotatable bonds is 7. The summed E-state index contributed by atoms with van der Waals surface area (Å²) in [6, 6.07) is 42.1. The van der Waals surface area contributed by atoms with Gasteiger partial charge in [-0.2, -0.15) is 0 Å². The number of fused-ring (bicyclic) bond motifs is 1. The van der Waals surface area contributed by atoms with Gasteiger partial charge in [0.2, 0.25) is 0 Å². The van der Waals surface area contributed by atoms with E-state index in [2.05, 4.69) is 132 Å². The molecule has 0 aliphatic carbocycles. The molecule has 0 saturated carbocycles. The van der Waals surface area contributed by atoms with Gasteiger partial charge < -0.3 is 5.11 Å². The molecule has 0 saturated heterocycles. The lowest BCUT2D eigenvalue weighted by atomic mass is 9.83. The number of imidazole rings is 1. The Balaban J connectivity index is 1.58. The number of hydrogen-bond donors (Lipinski definition) is 1. The number of hydrogen-bond acceptors (Lipinski definition) is 3. The molecule has 1 N–H and O–H groups in total. The number of nitrogens with zero attached hydrogens (tertiary/aromatic N) is 3. The first-order chi connectivity index (χ1) is 24.0. The normalized spacial score (nSPS) is 11.9. The molecule has 4 heteroatoms. The zero-order valence-corrected chi connectivity index (χ0v) is 30.1. The van der Waals surface area contributed by atoms with Gasteiger partial charge in [-0.25, -0.2) is 4.98 Å². The lowest BCUT2D eigenvalue weighted by Crippen LogP contribution is -2.11. The summed E-state index contributed by atoms with van der Waals surface area (Å²) in [4.78, 5) is 10.2. The van der Waals surface area contributed by atoms with E-state index < -0.39 is 0 Å². The second-order valence-corrected chi connectivity index (χ2v) is 14.9. The Kier molecular flexibility index (Phi) is 8.65. The summed E-state index contributed by atoms with van der Waals surface area (Å²) < 4.78 is 2.31. The highest BCUT2D eigenvalue weighted by atomic mass is 16.3. The van der Waals surface area contributed by atoms with Gasteiger partial charge in [0.1, 0.15) is 11.6 Å². The van der Waals surface area contributed by atoms with Crippen molar-refractivity contribution in [3.8, 4) is 56.3 Å².